The first-order valence-corrected chi connectivity index (χ1v) is 12.5. The number of nitrogens with zero attached hydrogens (tertiary/aromatic N) is 1. The number of para-hydroxylation sites is 2. The van der Waals surface area contributed by atoms with Gasteiger partial charge in [0.1, 0.15) is 18.1 Å². The van der Waals surface area contributed by atoms with Crippen LogP contribution >= 0.6 is 11.8 Å². The average molecular weight is 479 g/mol. The van der Waals surface area contributed by atoms with Gasteiger partial charge in [-0.15, -0.1) is 0 Å². The van der Waals surface area contributed by atoms with E-state index in [0.717, 1.165) is 0 Å². The lowest BCUT2D eigenvalue weighted by Crippen LogP contribution is -2.61. The molecule has 0 saturated carbocycles. The molecule has 0 fully saturated rings. The molecule has 0 saturated heterocycles. The topological polar surface area (TPSA) is 128 Å². The van der Waals surface area contributed by atoms with E-state index >= 15 is 0 Å². The van der Waals surface area contributed by atoms with Gasteiger partial charge in [0.05, 0.1) is 11.4 Å². The number of aliphatic carboxylic acids is 1. The van der Waals surface area contributed by atoms with Crippen molar-refractivity contribution < 1.29 is 24.3 Å². The Morgan fingerprint density at radius 1 is 1.18 bits per heavy atom. The van der Waals surface area contributed by atoms with Crippen molar-refractivity contribution in [2.45, 2.75) is 58.7 Å². The number of fused-ring (bicyclic) bond motifs is 1. The maximum atomic E-state index is 13.5. The molecular weight excluding hydrogens is 444 g/mol. The molecule has 1 unspecified atom stereocenters. The highest BCUT2D eigenvalue weighted by atomic mass is 32.2. The Hall–Kier alpha value is -2.75. The SMILES string of the molecule is CCC(C)[C@H](NC(=O)N1c2ccccc2NC(=O)[C@@H]1C(C)C)C(=O)N[C@H](CCSC)C(=O)O. The third-order valence-corrected chi connectivity index (χ3v) is 6.46. The highest BCUT2D eigenvalue weighted by molar-refractivity contribution is 7.98. The first-order valence-electron chi connectivity index (χ1n) is 11.1. The summed E-state index contributed by atoms with van der Waals surface area (Å²) in [5, 5.41) is 17.7. The second kappa shape index (κ2) is 11.9. The number of rotatable bonds is 10. The van der Waals surface area contributed by atoms with Crippen molar-refractivity contribution in [1.82, 2.24) is 10.6 Å². The molecule has 1 heterocycles. The molecule has 0 radical (unpaired) electrons. The van der Waals surface area contributed by atoms with E-state index in [9.17, 15) is 24.3 Å². The van der Waals surface area contributed by atoms with Crippen molar-refractivity contribution in [1.29, 1.82) is 0 Å². The van der Waals surface area contributed by atoms with Crippen LogP contribution in [-0.2, 0) is 14.4 Å². The molecule has 1 aliphatic heterocycles. The monoisotopic (exact) mass is 478 g/mol. The summed E-state index contributed by atoms with van der Waals surface area (Å²) in [6.45, 7) is 7.40. The Kier molecular flexibility index (Phi) is 9.57. The lowest BCUT2D eigenvalue weighted by atomic mass is 9.96. The number of anilines is 2. The number of amides is 4. The van der Waals surface area contributed by atoms with E-state index in [0.29, 0.717) is 23.5 Å². The van der Waals surface area contributed by atoms with Crippen LogP contribution in [0.25, 0.3) is 0 Å². The Labute approximate surface area is 199 Å². The van der Waals surface area contributed by atoms with Gasteiger partial charge in [-0.25, -0.2) is 9.59 Å². The highest BCUT2D eigenvalue weighted by Gasteiger charge is 2.40. The molecule has 4 atom stereocenters. The van der Waals surface area contributed by atoms with Crippen LogP contribution in [0.1, 0.15) is 40.5 Å². The number of hydrogen-bond donors (Lipinski definition) is 4. The fourth-order valence-corrected chi connectivity index (χ4v) is 4.23. The number of carboxylic acid groups (broad SMARTS) is 1. The average Bonchev–Trinajstić information content (AvgIpc) is 2.77. The van der Waals surface area contributed by atoms with Gasteiger partial charge in [0.2, 0.25) is 11.8 Å². The van der Waals surface area contributed by atoms with Crippen molar-refractivity contribution in [2.75, 3.05) is 22.2 Å². The van der Waals surface area contributed by atoms with Gasteiger partial charge >= 0.3 is 12.0 Å². The summed E-state index contributed by atoms with van der Waals surface area (Å²) in [6, 6.07) is 3.66. The summed E-state index contributed by atoms with van der Waals surface area (Å²) in [7, 11) is 0. The molecule has 4 amide bonds. The van der Waals surface area contributed by atoms with Crippen LogP contribution in [-0.4, -0.2) is 59.1 Å². The maximum Gasteiger partial charge on any atom is 0.326 e. The third-order valence-electron chi connectivity index (χ3n) is 5.82. The number of carboxylic acids is 1. The zero-order valence-corrected chi connectivity index (χ0v) is 20.6. The molecule has 10 heteroatoms. The molecule has 0 aromatic heterocycles. The quantitative estimate of drug-likeness (QED) is 0.409. The number of hydrogen-bond acceptors (Lipinski definition) is 5. The first kappa shape index (κ1) is 26.5. The van der Waals surface area contributed by atoms with Crippen molar-refractivity contribution in [3.05, 3.63) is 24.3 Å². The molecule has 9 nitrogen and oxygen atoms in total. The molecule has 182 valence electrons. The van der Waals surface area contributed by atoms with Gasteiger partial charge in [0.15, 0.2) is 0 Å². The van der Waals surface area contributed by atoms with Crippen LogP contribution in [0.3, 0.4) is 0 Å². The molecule has 1 aliphatic rings. The number of carbonyl (C=O) groups is 4. The second-order valence-electron chi connectivity index (χ2n) is 8.56. The molecular formula is C23H34N4O5S. The minimum atomic E-state index is -1.12. The summed E-state index contributed by atoms with van der Waals surface area (Å²) in [5.74, 6) is -1.83. The van der Waals surface area contributed by atoms with Crippen LogP contribution in [0.4, 0.5) is 16.2 Å². The van der Waals surface area contributed by atoms with Crippen molar-refractivity contribution in [3.8, 4) is 0 Å². The van der Waals surface area contributed by atoms with Crippen LogP contribution in [0.2, 0.25) is 0 Å². The van der Waals surface area contributed by atoms with E-state index < -0.39 is 36.0 Å². The smallest absolute Gasteiger partial charge is 0.326 e. The van der Waals surface area contributed by atoms with E-state index in [2.05, 4.69) is 16.0 Å². The zero-order valence-electron chi connectivity index (χ0n) is 19.8. The minimum Gasteiger partial charge on any atom is -0.480 e. The van der Waals surface area contributed by atoms with Crippen LogP contribution in [0, 0.1) is 11.8 Å². The Bertz CT molecular complexity index is 878. The molecule has 33 heavy (non-hydrogen) atoms. The lowest BCUT2D eigenvalue weighted by molar-refractivity contribution is -0.142. The van der Waals surface area contributed by atoms with Crippen LogP contribution < -0.4 is 20.9 Å². The van der Waals surface area contributed by atoms with E-state index in [-0.39, 0.29) is 24.2 Å². The first-order chi connectivity index (χ1) is 15.6. The lowest BCUT2D eigenvalue weighted by Gasteiger charge is -2.39. The number of benzene rings is 1. The number of thioether (sulfide) groups is 1. The maximum absolute atomic E-state index is 13.5. The molecule has 0 aliphatic carbocycles. The Morgan fingerprint density at radius 2 is 1.85 bits per heavy atom. The predicted molar refractivity (Wildman–Crippen MR) is 131 cm³/mol. The molecule has 1 aromatic carbocycles. The summed E-state index contributed by atoms with van der Waals surface area (Å²) < 4.78 is 0. The minimum absolute atomic E-state index is 0.178. The Morgan fingerprint density at radius 3 is 2.42 bits per heavy atom. The van der Waals surface area contributed by atoms with E-state index in [1.165, 1.54) is 16.7 Å². The fourth-order valence-electron chi connectivity index (χ4n) is 3.76. The summed E-state index contributed by atoms with van der Waals surface area (Å²) in [4.78, 5) is 52.3. The van der Waals surface area contributed by atoms with E-state index in [1.54, 1.807) is 24.3 Å². The number of carbonyl (C=O) groups excluding carboxylic acids is 3. The molecule has 2 rings (SSSR count). The normalized spacial score (nSPS) is 18.1. The number of nitrogens with one attached hydrogen (secondary N) is 3. The van der Waals surface area contributed by atoms with Gasteiger partial charge in [0, 0.05) is 0 Å². The van der Waals surface area contributed by atoms with Crippen molar-refractivity contribution in [2.24, 2.45) is 11.8 Å². The predicted octanol–water partition coefficient (Wildman–Crippen LogP) is 2.92. The Balaban J connectivity index is 2.32. The molecule has 0 spiro atoms. The summed E-state index contributed by atoms with van der Waals surface area (Å²) in [6.07, 6.45) is 2.73. The molecule has 0 bridgehead atoms. The summed E-state index contributed by atoms with van der Waals surface area (Å²) in [5.41, 5.74) is 1.06. The van der Waals surface area contributed by atoms with Crippen LogP contribution in [0.5, 0.6) is 0 Å². The van der Waals surface area contributed by atoms with Gasteiger partial charge in [-0.2, -0.15) is 11.8 Å². The fraction of sp³-hybridized carbons (Fsp3) is 0.565. The van der Waals surface area contributed by atoms with E-state index in [4.69, 9.17) is 0 Å². The molecule has 4 N–H and O–H groups in total. The largest absolute Gasteiger partial charge is 0.480 e. The van der Waals surface area contributed by atoms with Crippen LogP contribution in [0.15, 0.2) is 24.3 Å². The van der Waals surface area contributed by atoms with Crippen molar-refractivity contribution in [3.63, 3.8) is 0 Å². The zero-order chi connectivity index (χ0) is 24.7. The van der Waals surface area contributed by atoms with Crippen molar-refractivity contribution >= 4 is 47.0 Å². The van der Waals surface area contributed by atoms with Gasteiger partial charge in [-0.05, 0) is 42.4 Å². The summed E-state index contributed by atoms with van der Waals surface area (Å²) >= 11 is 1.49. The van der Waals surface area contributed by atoms with Gasteiger partial charge < -0.3 is 21.1 Å². The second-order valence-corrected chi connectivity index (χ2v) is 9.54. The highest BCUT2D eigenvalue weighted by Crippen LogP contribution is 2.34. The third kappa shape index (κ3) is 6.40. The van der Waals surface area contributed by atoms with Gasteiger partial charge in [-0.1, -0.05) is 46.2 Å². The van der Waals surface area contributed by atoms with Gasteiger partial charge in [-0.3, -0.25) is 14.5 Å². The standard InChI is InChI=1S/C23H34N4O5S/c1-6-14(4)18(20(28)25-16(22(30)31)11-12-33-5)26-23(32)27-17-10-8-7-9-15(17)24-21(29)19(27)13(2)3/h7-10,13-14,16,18-19H,6,11-12H2,1-5H3,(H,24,29)(H,25,28)(H,26,32)(H,30,31)/t14?,16-,18+,19+/m1/s1. The van der Waals surface area contributed by atoms with Gasteiger partial charge in [0.25, 0.3) is 0 Å². The molecule has 1 aromatic rings. The number of urea groups is 1. The van der Waals surface area contributed by atoms with E-state index in [1.807, 2.05) is 34.0 Å².